The molecule has 4 nitrogen and oxygen atoms in total. The highest BCUT2D eigenvalue weighted by molar-refractivity contribution is 4.69. The highest BCUT2D eigenvalue weighted by Crippen LogP contribution is 1.99. The van der Waals surface area contributed by atoms with Crippen LogP contribution in [0.5, 0.6) is 0 Å². The number of nitrogens with two attached hydrogens (primary N) is 1. The second kappa shape index (κ2) is 5.48. The molecular formula is C8H19N3O. The quantitative estimate of drug-likeness (QED) is 0.602. The Labute approximate surface area is 74.3 Å². The van der Waals surface area contributed by atoms with Gasteiger partial charge in [0.25, 0.3) is 0 Å². The maximum absolute atomic E-state index is 5.47. The van der Waals surface area contributed by atoms with Gasteiger partial charge in [-0.15, -0.1) is 0 Å². The van der Waals surface area contributed by atoms with Gasteiger partial charge >= 0.3 is 0 Å². The third kappa shape index (κ3) is 3.06. The zero-order valence-electron chi connectivity index (χ0n) is 7.83. The summed E-state index contributed by atoms with van der Waals surface area (Å²) in [5.41, 5.74) is 5.47. The first kappa shape index (κ1) is 9.92. The molecule has 1 saturated heterocycles. The number of nitrogens with zero attached hydrogens (tertiary/aromatic N) is 2. The molecule has 1 fully saturated rings. The highest BCUT2D eigenvalue weighted by atomic mass is 16.5. The van der Waals surface area contributed by atoms with E-state index in [9.17, 15) is 0 Å². The van der Waals surface area contributed by atoms with Crippen molar-refractivity contribution in [3.8, 4) is 0 Å². The van der Waals surface area contributed by atoms with Gasteiger partial charge in [-0.2, -0.15) is 0 Å². The first-order valence-electron chi connectivity index (χ1n) is 4.50. The van der Waals surface area contributed by atoms with Gasteiger partial charge in [0.1, 0.15) is 0 Å². The van der Waals surface area contributed by atoms with E-state index in [4.69, 9.17) is 10.5 Å². The van der Waals surface area contributed by atoms with Gasteiger partial charge in [0.2, 0.25) is 0 Å². The predicted octanol–water partition coefficient (Wildman–Crippen LogP) is -0.833. The number of piperazine rings is 1. The van der Waals surface area contributed by atoms with Crippen LogP contribution in [0.4, 0.5) is 0 Å². The van der Waals surface area contributed by atoms with Crippen LogP contribution in [0.1, 0.15) is 0 Å². The molecule has 0 amide bonds. The molecule has 0 spiro atoms. The molecule has 4 heteroatoms. The summed E-state index contributed by atoms with van der Waals surface area (Å²) in [6, 6.07) is 0. The van der Waals surface area contributed by atoms with Crippen LogP contribution in [0.15, 0.2) is 0 Å². The van der Waals surface area contributed by atoms with Crippen LogP contribution in [0.2, 0.25) is 0 Å². The van der Waals surface area contributed by atoms with Crippen LogP contribution < -0.4 is 5.73 Å². The minimum absolute atomic E-state index is 0.760. The highest BCUT2D eigenvalue weighted by Gasteiger charge is 2.14. The molecule has 1 heterocycles. The molecular weight excluding hydrogens is 154 g/mol. The van der Waals surface area contributed by atoms with E-state index in [-0.39, 0.29) is 0 Å². The Morgan fingerprint density at radius 1 is 1.17 bits per heavy atom. The standard InChI is InChI=1S/C8H19N3O/c1-12-8-11-6-4-10(3-2-9)5-7-11/h2-9H2,1H3. The Balaban J connectivity index is 2.11. The maximum atomic E-state index is 5.47. The van der Waals surface area contributed by atoms with E-state index >= 15 is 0 Å². The second-order valence-electron chi connectivity index (χ2n) is 3.17. The molecule has 0 bridgehead atoms. The van der Waals surface area contributed by atoms with Crippen molar-refractivity contribution in [3.63, 3.8) is 0 Å². The van der Waals surface area contributed by atoms with Gasteiger partial charge in [0, 0.05) is 46.4 Å². The first-order chi connectivity index (χ1) is 5.86. The van der Waals surface area contributed by atoms with Crippen molar-refractivity contribution in [2.24, 2.45) is 5.73 Å². The van der Waals surface area contributed by atoms with Crippen LogP contribution in [0.25, 0.3) is 0 Å². The summed E-state index contributed by atoms with van der Waals surface area (Å²) >= 11 is 0. The van der Waals surface area contributed by atoms with Gasteiger partial charge in [-0.3, -0.25) is 9.80 Å². The summed E-state index contributed by atoms with van der Waals surface area (Å²) in [5, 5.41) is 0. The minimum atomic E-state index is 0.760. The van der Waals surface area contributed by atoms with Crippen molar-refractivity contribution >= 4 is 0 Å². The van der Waals surface area contributed by atoms with Crippen molar-refractivity contribution in [1.29, 1.82) is 0 Å². The number of ether oxygens (including phenoxy) is 1. The molecule has 0 radical (unpaired) electrons. The van der Waals surface area contributed by atoms with Gasteiger partial charge in [-0.25, -0.2) is 0 Å². The van der Waals surface area contributed by atoms with Crippen LogP contribution in [-0.2, 0) is 4.74 Å². The maximum Gasteiger partial charge on any atom is 0.0987 e. The second-order valence-corrected chi connectivity index (χ2v) is 3.17. The van der Waals surface area contributed by atoms with E-state index in [2.05, 4.69) is 9.80 Å². The summed E-state index contributed by atoms with van der Waals surface area (Å²) in [4.78, 5) is 4.71. The third-order valence-corrected chi connectivity index (χ3v) is 2.22. The Hall–Kier alpha value is -0.160. The summed E-state index contributed by atoms with van der Waals surface area (Å²) < 4.78 is 5.06. The van der Waals surface area contributed by atoms with Crippen molar-refractivity contribution in [2.45, 2.75) is 0 Å². The molecule has 1 rings (SSSR count). The third-order valence-electron chi connectivity index (χ3n) is 2.22. The van der Waals surface area contributed by atoms with Crippen molar-refractivity contribution in [1.82, 2.24) is 9.80 Å². The molecule has 0 aromatic carbocycles. The van der Waals surface area contributed by atoms with Crippen molar-refractivity contribution in [3.05, 3.63) is 0 Å². The zero-order valence-corrected chi connectivity index (χ0v) is 7.83. The first-order valence-corrected chi connectivity index (χ1v) is 4.50. The smallest absolute Gasteiger partial charge is 0.0987 e. The van der Waals surface area contributed by atoms with E-state index < -0.39 is 0 Å². The topological polar surface area (TPSA) is 41.7 Å². The summed E-state index contributed by atoms with van der Waals surface area (Å²) in [5.74, 6) is 0. The van der Waals surface area contributed by atoms with Gasteiger partial charge in [-0.05, 0) is 0 Å². The molecule has 0 unspecified atom stereocenters. The molecule has 2 N–H and O–H groups in total. The average molecular weight is 173 g/mol. The number of rotatable bonds is 4. The largest absolute Gasteiger partial charge is 0.369 e. The Morgan fingerprint density at radius 2 is 1.75 bits per heavy atom. The molecule has 1 aliphatic heterocycles. The van der Waals surface area contributed by atoms with E-state index in [1.54, 1.807) is 7.11 Å². The monoisotopic (exact) mass is 173 g/mol. The van der Waals surface area contributed by atoms with Crippen molar-refractivity contribution in [2.75, 3.05) is 53.1 Å². The Bertz CT molecular complexity index is 98.9. The average Bonchev–Trinajstić information content (AvgIpc) is 2.09. The van der Waals surface area contributed by atoms with E-state index in [1.165, 1.54) is 0 Å². The summed E-state index contributed by atoms with van der Waals surface area (Å²) in [6.45, 7) is 7.02. The van der Waals surface area contributed by atoms with Gasteiger partial charge < -0.3 is 10.5 Å². The summed E-state index contributed by atoms with van der Waals surface area (Å²) in [6.07, 6.45) is 0. The Morgan fingerprint density at radius 3 is 2.25 bits per heavy atom. The van der Waals surface area contributed by atoms with E-state index in [0.29, 0.717) is 0 Å². The lowest BCUT2D eigenvalue weighted by molar-refractivity contribution is 0.0277. The van der Waals surface area contributed by atoms with Crippen LogP contribution in [0.3, 0.4) is 0 Å². The molecule has 0 aromatic rings. The fourth-order valence-corrected chi connectivity index (χ4v) is 1.51. The van der Waals surface area contributed by atoms with E-state index in [1.807, 2.05) is 0 Å². The van der Waals surface area contributed by atoms with Gasteiger partial charge in [0.05, 0.1) is 6.73 Å². The Kier molecular flexibility index (Phi) is 4.53. The van der Waals surface area contributed by atoms with Crippen molar-refractivity contribution < 1.29 is 4.74 Å². The predicted molar refractivity (Wildman–Crippen MR) is 48.9 cm³/mol. The molecule has 0 saturated carbocycles. The number of methoxy groups -OCH3 is 1. The van der Waals surface area contributed by atoms with E-state index in [0.717, 1.165) is 46.0 Å². The van der Waals surface area contributed by atoms with Crippen LogP contribution in [0, 0.1) is 0 Å². The molecule has 72 valence electrons. The lowest BCUT2D eigenvalue weighted by atomic mass is 10.3. The normalized spacial score (nSPS) is 21.5. The minimum Gasteiger partial charge on any atom is -0.369 e. The number of hydrogen-bond donors (Lipinski definition) is 1. The molecule has 0 atom stereocenters. The number of hydrogen-bond acceptors (Lipinski definition) is 4. The summed E-state index contributed by atoms with van der Waals surface area (Å²) in [7, 11) is 1.74. The van der Waals surface area contributed by atoms with Gasteiger partial charge in [0.15, 0.2) is 0 Å². The lowest BCUT2D eigenvalue weighted by Gasteiger charge is -2.33. The van der Waals surface area contributed by atoms with Gasteiger partial charge in [-0.1, -0.05) is 0 Å². The fraction of sp³-hybridized carbons (Fsp3) is 1.00. The molecule has 12 heavy (non-hydrogen) atoms. The SMILES string of the molecule is COCN1CCN(CCN)CC1. The fourth-order valence-electron chi connectivity index (χ4n) is 1.51. The molecule has 0 aliphatic carbocycles. The lowest BCUT2D eigenvalue weighted by Crippen LogP contribution is -2.48. The van der Waals surface area contributed by atoms with Crippen LogP contribution in [-0.4, -0.2) is 62.9 Å². The van der Waals surface area contributed by atoms with Crippen LogP contribution >= 0.6 is 0 Å². The zero-order chi connectivity index (χ0) is 8.81. The molecule has 0 aromatic heterocycles. The molecule has 1 aliphatic rings.